The van der Waals surface area contributed by atoms with E-state index in [0.29, 0.717) is 16.9 Å². The zero-order valence-electron chi connectivity index (χ0n) is 24.0. The Bertz CT molecular complexity index is 1740. The van der Waals surface area contributed by atoms with Crippen molar-refractivity contribution in [3.05, 3.63) is 70.5 Å². The Morgan fingerprint density at radius 3 is 2.58 bits per heavy atom. The first kappa shape index (κ1) is 28.8. The fraction of sp³-hybridized carbons (Fsp3) is 0.364. The highest BCUT2D eigenvalue weighted by Gasteiger charge is 2.34. The SMILES string of the molecule is CCOC(=O)c1cnn(CC(F)(F)F)c1C1=Cc2cc(OC)ccc2-c2c(C3CCCCC3)c3ccc(C=O)cc3n2C1. The summed E-state index contributed by atoms with van der Waals surface area (Å²) in [4.78, 5) is 24.9. The predicted octanol–water partition coefficient (Wildman–Crippen LogP) is 7.67. The highest BCUT2D eigenvalue weighted by atomic mass is 19.4. The number of esters is 1. The summed E-state index contributed by atoms with van der Waals surface area (Å²) in [7, 11) is 1.56. The van der Waals surface area contributed by atoms with Crippen LogP contribution in [0.1, 0.15) is 82.5 Å². The first-order chi connectivity index (χ1) is 20.7. The molecule has 0 spiro atoms. The molecule has 0 amide bonds. The second-order valence-corrected chi connectivity index (χ2v) is 11.1. The average molecular weight is 592 g/mol. The second-order valence-electron chi connectivity index (χ2n) is 11.1. The second kappa shape index (κ2) is 11.4. The molecular formula is C33H32F3N3O4. The van der Waals surface area contributed by atoms with E-state index in [9.17, 15) is 22.8 Å². The first-order valence-corrected chi connectivity index (χ1v) is 14.5. The number of hydrogen-bond donors (Lipinski definition) is 0. The van der Waals surface area contributed by atoms with Gasteiger partial charge in [-0.25, -0.2) is 4.79 Å². The zero-order valence-corrected chi connectivity index (χ0v) is 24.0. The molecule has 1 aliphatic heterocycles. The van der Waals surface area contributed by atoms with E-state index in [4.69, 9.17) is 9.47 Å². The van der Waals surface area contributed by atoms with Gasteiger partial charge in [0, 0.05) is 22.0 Å². The molecule has 4 aromatic rings. The van der Waals surface area contributed by atoms with E-state index in [-0.39, 0.29) is 30.3 Å². The quantitative estimate of drug-likeness (QED) is 0.163. The molecule has 0 radical (unpaired) electrons. The van der Waals surface area contributed by atoms with Gasteiger partial charge in [0.1, 0.15) is 24.1 Å². The van der Waals surface area contributed by atoms with Gasteiger partial charge in [-0.3, -0.25) is 9.48 Å². The van der Waals surface area contributed by atoms with Crippen LogP contribution in [-0.4, -0.2) is 46.5 Å². The number of ether oxygens (including phenoxy) is 2. The molecule has 2 aromatic heterocycles. The fourth-order valence-corrected chi connectivity index (χ4v) is 6.65. The lowest BCUT2D eigenvalue weighted by molar-refractivity contribution is -0.142. The van der Waals surface area contributed by atoms with Crippen LogP contribution in [-0.2, 0) is 17.8 Å². The van der Waals surface area contributed by atoms with Crippen molar-refractivity contribution >= 4 is 34.8 Å². The van der Waals surface area contributed by atoms with Crippen molar-refractivity contribution in [2.45, 2.75) is 64.2 Å². The summed E-state index contributed by atoms with van der Waals surface area (Å²) in [6, 6.07) is 11.3. The predicted molar refractivity (Wildman–Crippen MR) is 157 cm³/mol. The molecule has 0 unspecified atom stereocenters. The first-order valence-electron chi connectivity index (χ1n) is 14.5. The maximum Gasteiger partial charge on any atom is 0.408 e. The maximum atomic E-state index is 13.8. The summed E-state index contributed by atoms with van der Waals surface area (Å²) >= 11 is 0. The van der Waals surface area contributed by atoms with E-state index in [0.717, 1.165) is 70.6 Å². The Labute approximate surface area is 246 Å². The van der Waals surface area contributed by atoms with Crippen LogP contribution in [0.5, 0.6) is 5.75 Å². The number of nitrogens with zero attached hydrogens (tertiary/aromatic N) is 3. The molecule has 3 heterocycles. The Balaban J connectivity index is 1.66. The molecule has 0 bridgehead atoms. The lowest BCUT2D eigenvalue weighted by Crippen LogP contribution is -2.21. The number of allylic oxidation sites excluding steroid dienone is 1. The van der Waals surface area contributed by atoms with Crippen molar-refractivity contribution in [1.29, 1.82) is 0 Å². The minimum Gasteiger partial charge on any atom is -0.497 e. The molecular weight excluding hydrogens is 559 g/mol. The summed E-state index contributed by atoms with van der Waals surface area (Å²) in [6.45, 7) is 0.480. The monoisotopic (exact) mass is 591 g/mol. The van der Waals surface area contributed by atoms with Gasteiger partial charge in [-0.1, -0.05) is 31.4 Å². The van der Waals surface area contributed by atoms with Gasteiger partial charge in [-0.05, 0) is 72.7 Å². The smallest absolute Gasteiger partial charge is 0.408 e. The number of aldehydes is 1. The normalized spacial score (nSPS) is 15.4. The molecule has 2 aliphatic rings. The number of halogens is 3. The van der Waals surface area contributed by atoms with Crippen LogP contribution < -0.4 is 4.74 Å². The molecule has 10 heteroatoms. The van der Waals surface area contributed by atoms with Crippen molar-refractivity contribution in [3.63, 3.8) is 0 Å². The van der Waals surface area contributed by atoms with Gasteiger partial charge in [0.05, 0.1) is 37.8 Å². The van der Waals surface area contributed by atoms with E-state index < -0.39 is 18.7 Å². The van der Waals surface area contributed by atoms with Crippen LogP contribution in [0.2, 0.25) is 0 Å². The minimum absolute atomic E-state index is 0.0391. The van der Waals surface area contributed by atoms with E-state index in [1.807, 2.05) is 42.5 Å². The molecule has 1 saturated carbocycles. The Morgan fingerprint density at radius 2 is 1.88 bits per heavy atom. The standard InChI is InChI=1S/C33H32F3N3O4/c1-3-43-32(41)27-16-37-39(19-33(34,35)36)30(27)23-14-22-15-24(42-2)10-12-25(22)31-29(21-7-5-4-6-8-21)26-11-9-20(18-40)13-28(26)38(31)17-23/h9-16,18,21H,3-8,17,19H2,1-2H3. The van der Waals surface area contributed by atoms with Crippen LogP contribution in [0.15, 0.2) is 42.6 Å². The lowest BCUT2D eigenvalue weighted by atomic mass is 9.81. The van der Waals surface area contributed by atoms with Gasteiger partial charge in [0.25, 0.3) is 0 Å². The highest BCUT2D eigenvalue weighted by Crippen LogP contribution is 2.48. The topological polar surface area (TPSA) is 75.3 Å². The van der Waals surface area contributed by atoms with Gasteiger partial charge in [-0.15, -0.1) is 0 Å². The number of methoxy groups -OCH3 is 1. The van der Waals surface area contributed by atoms with E-state index in [1.54, 1.807) is 14.0 Å². The number of fused-ring (bicyclic) bond motifs is 5. The van der Waals surface area contributed by atoms with Gasteiger partial charge in [0.15, 0.2) is 0 Å². The van der Waals surface area contributed by atoms with Crippen LogP contribution in [0.4, 0.5) is 13.2 Å². The third-order valence-electron chi connectivity index (χ3n) is 8.42. The van der Waals surface area contributed by atoms with Crippen LogP contribution in [0, 0.1) is 0 Å². The Hall–Kier alpha value is -4.34. The molecule has 6 rings (SSSR count). The average Bonchev–Trinajstić information content (AvgIpc) is 3.49. The number of rotatable bonds is 7. The number of alkyl halides is 3. The Kier molecular flexibility index (Phi) is 7.62. The highest BCUT2D eigenvalue weighted by molar-refractivity contribution is 6.02. The van der Waals surface area contributed by atoms with Crippen molar-refractivity contribution < 1.29 is 32.2 Å². The third kappa shape index (κ3) is 5.34. The van der Waals surface area contributed by atoms with Crippen molar-refractivity contribution in [3.8, 4) is 17.0 Å². The molecule has 0 saturated heterocycles. The Morgan fingerprint density at radius 1 is 1.09 bits per heavy atom. The van der Waals surface area contributed by atoms with Crippen LogP contribution in [0.25, 0.3) is 33.8 Å². The van der Waals surface area contributed by atoms with Crippen molar-refractivity contribution in [1.82, 2.24) is 14.3 Å². The minimum atomic E-state index is -4.57. The largest absolute Gasteiger partial charge is 0.497 e. The van der Waals surface area contributed by atoms with E-state index in [2.05, 4.69) is 9.67 Å². The number of carbonyl (C=O) groups is 2. The lowest BCUT2D eigenvalue weighted by Gasteiger charge is -2.24. The number of aromatic nitrogens is 3. The van der Waals surface area contributed by atoms with Gasteiger partial charge >= 0.3 is 12.1 Å². The number of benzene rings is 2. The molecule has 1 aliphatic carbocycles. The van der Waals surface area contributed by atoms with Gasteiger partial charge in [-0.2, -0.15) is 18.3 Å². The summed E-state index contributed by atoms with van der Waals surface area (Å²) in [5.41, 5.74) is 5.58. The fourth-order valence-electron chi connectivity index (χ4n) is 6.65. The summed E-state index contributed by atoms with van der Waals surface area (Å²) < 4.78 is 54.9. The zero-order chi connectivity index (χ0) is 30.3. The van der Waals surface area contributed by atoms with Gasteiger partial charge < -0.3 is 14.0 Å². The molecule has 43 heavy (non-hydrogen) atoms. The van der Waals surface area contributed by atoms with E-state index >= 15 is 0 Å². The molecule has 7 nitrogen and oxygen atoms in total. The number of hydrogen-bond acceptors (Lipinski definition) is 5. The number of carbonyl (C=O) groups excluding carboxylic acids is 2. The molecule has 1 fully saturated rings. The maximum absolute atomic E-state index is 13.8. The summed E-state index contributed by atoms with van der Waals surface area (Å²) in [5.74, 6) is 0.137. The van der Waals surface area contributed by atoms with Crippen molar-refractivity contribution in [2.75, 3.05) is 13.7 Å². The molecule has 2 aromatic carbocycles. The van der Waals surface area contributed by atoms with Crippen LogP contribution in [0.3, 0.4) is 0 Å². The molecule has 224 valence electrons. The third-order valence-corrected chi connectivity index (χ3v) is 8.42. The molecule has 0 atom stereocenters. The molecule has 0 N–H and O–H groups in total. The van der Waals surface area contributed by atoms with Crippen LogP contribution >= 0.6 is 0 Å². The van der Waals surface area contributed by atoms with E-state index in [1.165, 1.54) is 12.0 Å². The van der Waals surface area contributed by atoms with Gasteiger partial charge in [0.2, 0.25) is 0 Å². The summed E-state index contributed by atoms with van der Waals surface area (Å²) in [5, 5.41) is 5.02. The summed E-state index contributed by atoms with van der Waals surface area (Å²) in [6.07, 6.45) is 4.64. The van der Waals surface area contributed by atoms with Crippen molar-refractivity contribution in [2.24, 2.45) is 0 Å².